The first-order valence-corrected chi connectivity index (χ1v) is 11.6. The summed E-state index contributed by atoms with van der Waals surface area (Å²) in [5.41, 5.74) is 13.3. The van der Waals surface area contributed by atoms with Crippen molar-refractivity contribution in [3.63, 3.8) is 0 Å². The molecule has 0 saturated heterocycles. The summed E-state index contributed by atoms with van der Waals surface area (Å²) in [7, 11) is 0. The van der Waals surface area contributed by atoms with Crippen molar-refractivity contribution in [1.82, 2.24) is 4.98 Å². The third-order valence-corrected chi connectivity index (χ3v) is 5.17. The zero-order chi connectivity index (χ0) is 24.6. The van der Waals surface area contributed by atoms with E-state index in [9.17, 15) is 4.79 Å². The van der Waals surface area contributed by atoms with Crippen molar-refractivity contribution in [3.8, 4) is 17.0 Å². The number of aliphatic imine (C=N–C) groups is 1. The second-order valence-electron chi connectivity index (χ2n) is 9.13. The normalized spacial score (nSPS) is 11.4. The number of pyridine rings is 1. The minimum atomic E-state index is -0.506. The van der Waals surface area contributed by atoms with Crippen molar-refractivity contribution in [2.45, 2.75) is 52.1 Å². The van der Waals surface area contributed by atoms with Crippen LogP contribution in [0.15, 0.2) is 59.6 Å². The molecule has 0 aliphatic rings. The highest BCUT2D eigenvalue weighted by Crippen LogP contribution is 2.32. The Bertz CT molecular complexity index is 1150. The Morgan fingerprint density at radius 1 is 0.941 bits per heavy atom. The number of aromatic nitrogens is 1. The van der Waals surface area contributed by atoms with Gasteiger partial charge in [-0.2, -0.15) is 4.99 Å². The molecule has 0 saturated carbocycles. The Kier molecular flexibility index (Phi) is 8.60. The van der Waals surface area contributed by atoms with Crippen LogP contribution >= 0.6 is 0 Å². The molecule has 0 bridgehead atoms. The van der Waals surface area contributed by atoms with Gasteiger partial charge in [-0.3, -0.25) is 4.79 Å². The zero-order valence-corrected chi connectivity index (χ0v) is 20.2. The summed E-state index contributed by atoms with van der Waals surface area (Å²) in [5, 5.41) is 0.690. The largest absolute Gasteiger partial charge is 0.493 e. The van der Waals surface area contributed by atoms with E-state index < -0.39 is 5.91 Å². The summed E-state index contributed by atoms with van der Waals surface area (Å²) in [4.78, 5) is 21.2. The molecule has 7 nitrogen and oxygen atoms in total. The van der Waals surface area contributed by atoms with Crippen molar-refractivity contribution >= 4 is 22.8 Å². The molecular formula is C27H34N4O3. The lowest BCUT2D eigenvalue weighted by Gasteiger charge is -2.19. The summed E-state index contributed by atoms with van der Waals surface area (Å²) in [5.74, 6) is -0.0589. The van der Waals surface area contributed by atoms with Crippen LogP contribution in [0.4, 0.5) is 0 Å². The fourth-order valence-electron chi connectivity index (χ4n) is 3.59. The van der Waals surface area contributed by atoms with Crippen LogP contribution in [0.1, 0.15) is 56.8 Å². The van der Waals surface area contributed by atoms with Crippen LogP contribution in [0, 0.1) is 0 Å². The minimum Gasteiger partial charge on any atom is -0.493 e. The molecule has 1 heterocycles. The number of rotatable bonds is 10. The number of unbranched alkanes of at least 4 members (excludes halogenated alkanes) is 3. The number of fused-ring (bicyclic) bond motifs is 1. The van der Waals surface area contributed by atoms with Crippen LogP contribution in [0.25, 0.3) is 22.2 Å². The first kappa shape index (κ1) is 25.2. The summed E-state index contributed by atoms with van der Waals surface area (Å²) in [6.07, 6.45) is 4.16. The van der Waals surface area contributed by atoms with Gasteiger partial charge in [0.05, 0.1) is 29.0 Å². The number of carbonyl (C=O) groups is 1. The predicted molar refractivity (Wildman–Crippen MR) is 137 cm³/mol. The number of carbonyl (C=O) groups excluding carboxylic acids is 1. The van der Waals surface area contributed by atoms with Gasteiger partial charge in [-0.15, -0.1) is 0 Å². The number of benzene rings is 2. The number of hydrogen-bond donors (Lipinski definition) is 2. The zero-order valence-electron chi connectivity index (χ0n) is 20.2. The average Bonchev–Trinajstić information content (AvgIpc) is 2.79. The predicted octanol–water partition coefficient (Wildman–Crippen LogP) is 5.07. The van der Waals surface area contributed by atoms with E-state index in [1.807, 2.05) is 48.5 Å². The Morgan fingerprint density at radius 3 is 2.35 bits per heavy atom. The van der Waals surface area contributed by atoms with Gasteiger partial charge in [-0.05, 0) is 64.3 Å². The molecule has 2 aromatic carbocycles. The van der Waals surface area contributed by atoms with Gasteiger partial charge in [-0.1, -0.05) is 36.8 Å². The number of nitrogens with two attached hydrogens (primary N) is 2. The standard InChI is InChI=1S/C27H34N4O3/c1-27(2,3)34-17-11-5-4-10-16-33-24-15-9-7-13-20(24)23-18-21(25(32)31-26(28)29)19-12-6-8-14-22(19)30-23/h6-9,12-15,18H,4-5,10-11,16-17H2,1-3H3,(H4,28,29,31,32). The van der Waals surface area contributed by atoms with Crippen LogP contribution in [0.5, 0.6) is 5.75 Å². The van der Waals surface area contributed by atoms with Gasteiger partial charge in [0.2, 0.25) is 0 Å². The van der Waals surface area contributed by atoms with Crippen molar-refractivity contribution in [3.05, 3.63) is 60.2 Å². The molecule has 1 aromatic heterocycles. The number of amides is 1. The number of para-hydroxylation sites is 2. The first-order chi connectivity index (χ1) is 16.2. The van der Waals surface area contributed by atoms with E-state index in [2.05, 4.69) is 25.8 Å². The van der Waals surface area contributed by atoms with Gasteiger partial charge >= 0.3 is 0 Å². The fourth-order valence-corrected chi connectivity index (χ4v) is 3.59. The van der Waals surface area contributed by atoms with Crippen LogP contribution in [-0.4, -0.2) is 35.7 Å². The first-order valence-electron chi connectivity index (χ1n) is 11.6. The lowest BCUT2D eigenvalue weighted by atomic mass is 10.0. The molecule has 0 spiro atoms. The van der Waals surface area contributed by atoms with Gasteiger partial charge < -0.3 is 20.9 Å². The molecule has 4 N–H and O–H groups in total. The Labute approximate surface area is 201 Å². The molecule has 0 unspecified atom stereocenters. The van der Waals surface area contributed by atoms with E-state index in [0.717, 1.165) is 43.6 Å². The maximum absolute atomic E-state index is 12.7. The van der Waals surface area contributed by atoms with Crippen molar-refractivity contribution in [2.24, 2.45) is 16.5 Å². The molecule has 0 fully saturated rings. The topological polar surface area (TPSA) is 113 Å². The summed E-state index contributed by atoms with van der Waals surface area (Å²) in [6, 6.07) is 16.8. The average molecular weight is 463 g/mol. The minimum absolute atomic E-state index is 0.0859. The monoisotopic (exact) mass is 462 g/mol. The lowest BCUT2D eigenvalue weighted by Crippen LogP contribution is -2.24. The molecular weight excluding hydrogens is 428 g/mol. The van der Waals surface area contributed by atoms with E-state index in [4.69, 9.17) is 25.9 Å². The quantitative estimate of drug-likeness (QED) is 0.247. The third kappa shape index (κ3) is 7.28. The molecule has 34 heavy (non-hydrogen) atoms. The second kappa shape index (κ2) is 11.6. The van der Waals surface area contributed by atoms with Crippen LogP contribution in [-0.2, 0) is 4.74 Å². The van der Waals surface area contributed by atoms with E-state index in [0.29, 0.717) is 28.8 Å². The Balaban J connectivity index is 1.72. The van der Waals surface area contributed by atoms with Crippen molar-refractivity contribution in [1.29, 1.82) is 0 Å². The number of hydrogen-bond acceptors (Lipinski definition) is 4. The molecule has 0 aliphatic carbocycles. The smallest absolute Gasteiger partial charge is 0.280 e. The van der Waals surface area contributed by atoms with Crippen LogP contribution in [0.3, 0.4) is 0 Å². The van der Waals surface area contributed by atoms with Gasteiger partial charge in [0.15, 0.2) is 5.96 Å². The molecule has 0 aliphatic heterocycles. The van der Waals surface area contributed by atoms with Crippen molar-refractivity contribution < 1.29 is 14.3 Å². The lowest BCUT2D eigenvalue weighted by molar-refractivity contribution is -0.00480. The van der Waals surface area contributed by atoms with E-state index >= 15 is 0 Å². The number of guanidine groups is 1. The van der Waals surface area contributed by atoms with Gasteiger partial charge in [-0.25, -0.2) is 4.98 Å². The highest BCUT2D eigenvalue weighted by molar-refractivity contribution is 6.10. The van der Waals surface area contributed by atoms with Gasteiger partial charge in [0.1, 0.15) is 5.75 Å². The van der Waals surface area contributed by atoms with E-state index in [1.165, 1.54) is 0 Å². The Hall–Kier alpha value is -3.45. The van der Waals surface area contributed by atoms with Gasteiger partial charge in [0, 0.05) is 17.6 Å². The van der Waals surface area contributed by atoms with Crippen LogP contribution in [0.2, 0.25) is 0 Å². The highest BCUT2D eigenvalue weighted by atomic mass is 16.5. The fraction of sp³-hybridized carbons (Fsp3) is 0.370. The maximum atomic E-state index is 12.7. The maximum Gasteiger partial charge on any atom is 0.280 e. The summed E-state index contributed by atoms with van der Waals surface area (Å²) < 4.78 is 11.9. The van der Waals surface area contributed by atoms with E-state index in [1.54, 1.807) is 6.07 Å². The third-order valence-electron chi connectivity index (χ3n) is 5.17. The molecule has 7 heteroatoms. The van der Waals surface area contributed by atoms with Crippen LogP contribution < -0.4 is 16.2 Å². The molecule has 180 valence electrons. The van der Waals surface area contributed by atoms with Crippen molar-refractivity contribution in [2.75, 3.05) is 13.2 Å². The van der Waals surface area contributed by atoms with E-state index in [-0.39, 0.29) is 11.6 Å². The molecule has 3 rings (SSSR count). The molecule has 0 radical (unpaired) electrons. The Morgan fingerprint density at radius 2 is 1.62 bits per heavy atom. The molecule has 1 amide bonds. The summed E-state index contributed by atoms with van der Waals surface area (Å²) in [6.45, 7) is 7.60. The highest BCUT2D eigenvalue weighted by Gasteiger charge is 2.16. The summed E-state index contributed by atoms with van der Waals surface area (Å²) >= 11 is 0. The second-order valence-corrected chi connectivity index (χ2v) is 9.13. The number of nitrogens with zero attached hydrogens (tertiary/aromatic N) is 2. The van der Waals surface area contributed by atoms with Gasteiger partial charge in [0.25, 0.3) is 5.91 Å². The number of ether oxygens (including phenoxy) is 2. The molecule has 3 aromatic rings. The molecule has 0 atom stereocenters. The SMILES string of the molecule is CC(C)(C)OCCCCCCOc1ccccc1-c1cc(C(=O)N=C(N)N)c2ccccc2n1.